The minimum atomic E-state index is -0.600. The van der Waals surface area contributed by atoms with Crippen LogP contribution in [0, 0.1) is 11.8 Å². The molecule has 0 saturated carbocycles. The van der Waals surface area contributed by atoms with Gasteiger partial charge in [0.1, 0.15) is 5.82 Å². The van der Waals surface area contributed by atoms with Crippen molar-refractivity contribution in [3.05, 3.63) is 20.8 Å². The molecule has 0 aliphatic heterocycles. The molecule has 1 amide bonds. The normalized spacial score (nSPS) is 11.3. The Labute approximate surface area is 149 Å². The van der Waals surface area contributed by atoms with Gasteiger partial charge in [-0.2, -0.15) is 0 Å². The van der Waals surface area contributed by atoms with E-state index in [0.29, 0.717) is 25.4 Å². The molecule has 1 heterocycles. The fourth-order valence-electron chi connectivity index (χ4n) is 2.61. The van der Waals surface area contributed by atoms with E-state index < -0.39 is 11.2 Å². The second-order valence-electron chi connectivity index (χ2n) is 7.33. The quantitative estimate of drug-likeness (QED) is 0.712. The summed E-state index contributed by atoms with van der Waals surface area (Å²) in [7, 11) is 0. The molecule has 1 aromatic heterocycles. The molecule has 7 heteroatoms. The van der Waals surface area contributed by atoms with Crippen molar-refractivity contribution in [2.75, 3.05) is 17.2 Å². The van der Waals surface area contributed by atoms with Gasteiger partial charge in [0.2, 0.25) is 5.91 Å². The van der Waals surface area contributed by atoms with Crippen LogP contribution in [0.1, 0.15) is 60.3 Å². The van der Waals surface area contributed by atoms with E-state index in [9.17, 15) is 14.4 Å². The van der Waals surface area contributed by atoms with Crippen molar-refractivity contribution >= 4 is 17.4 Å². The number of aromatic amines is 1. The number of hydrogen-bond donors (Lipinski definition) is 2. The first-order valence-corrected chi connectivity index (χ1v) is 9.11. The van der Waals surface area contributed by atoms with Crippen LogP contribution in [0.25, 0.3) is 0 Å². The predicted octanol–water partition coefficient (Wildman–Crippen LogP) is 2.34. The van der Waals surface area contributed by atoms with Crippen molar-refractivity contribution < 1.29 is 4.79 Å². The molecular weight excluding hydrogens is 320 g/mol. The molecule has 1 aromatic rings. The minimum absolute atomic E-state index is 0.0662. The van der Waals surface area contributed by atoms with Gasteiger partial charge in [0, 0.05) is 19.5 Å². The summed E-state index contributed by atoms with van der Waals surface area (Å²) in [6.45, 7) is 10.8. The molecule has 0 spiro atoms. The molecule has 142 valence electrons. The summed E-state index contributed by atoms with van der Waals surface area (Å²) >= 11 is 0. The van der Waals surface area contributed by atoms with E-state index in [2.05, 4.69) is 4.98 Å². The average Bonchev–Trinajstić information content (AvgIpc) is 2.51. The number of anilines is 2. The average molecular weight is 352 g/mol. The van der Waals surface area contributed by atoms with Crippen molar-refractivity contribution in [3.8, 4) is 0 Å². The molecule has 0 aliphatic rings. The maximum Gasteiger partial charge on any atom is 0.330 e. The molecule has 25 heavy (non-hydrogen) atoms. The van der Waals surface area contributed by atoms with Gasteiger partial charge in [0.05, 0.1) is 0 Å². The van der Waals surface area contributed by atoms with Crippen LogP contribution in [0.15, 0.2) is 9.59 Å². The highest BCUT2D eigenvalue weighted by Gasteiger charge is 2.24. The number of hydrogen-bond acceptors (Lipinski definition) is 4. The number of unbranched alkanes of at least 4 members (excludes halogenated alkanes) is 1. The Balaban J connectivity index is 3.35. The number of amides is 1. The van der Waals surface area contributed by atoms with Crippen LogP contribution in [0.4, 0.5) is 11.5 Å². The van der Waals surface area contributed by atoms with Gasteiger partial charge in [-0.3, -0.25) is 19.1 Å². The van der Waals surface area contributed by atoms with Crippen LogP contribution in [0.3, 0.4) is 0 Å². The Morgan fingerprint density at radius 1 is 1.20 bits per heavy atom. The molecule has 0 saturated heterocycles. The summed E-state index contributed by atoms with van der Waals surface area (Å²) in [5.74, 6) is 0.507. The van der Waals surface area contributed by atoms with Crippen molar-refractivity contribution in [1.29, 1.82) is 0 Å². The van der Waals surface area contributed by atoms with Crippen molar-refractivity contribution in [2.45, 2.75) is 66.8 Å². The summed E-state index contributed by atoms with van der Waals surface area (Å²) < 4.78 is 1.34. The third-order valence-corrected chi connectivity index (χ3v) is 4.00. The number of carbonyl (C=O) groups excluding carboxylic acids is 1. The fourth-order valence-corrected chi connectivity index (χ4v) is 2.61. The monoisotopic (exact) mass is 352 g/mol. The van der Waals surface area contributed by atoms with Crippen molar-refractivity contribution in [3.63, 3.8) is 0 Å². The summed E-state index contributed by atoms with van der Waals surface area (Å²) in [4.78, 5) is 41.0. The molecule has 0 fully saturated rings. The van der Waals surface area contributed by atoms with Gasteiger partial charge in [0.15, 0.2) is 5.69 Å². The number of H-pyrrole nitrogens is 1. The SMILES string of the molecule is CCCCN(C(=O)CCC(C)C)c1c(N)n(CC(C)C)c(=O)[nH]c1=O. The fraction of sp³-hybridized carbons (Fsp3) is 0.722. The standard InChI is InChI=1S/C18H32N4O3/c1-6-7-10-21(14(23)9-8-12(2)3)15-16(19)22(11-13(4)5)18(25)20-17(15)24/h12-13H,6-11,19H2,1-5H3,(H,20,24,25). The van der Waals surface area contributed by atoms with Gasteiger partial charge >= 0.3 is 5.69 Å². The Bertz CT molecular complexity index is 689. The Morgan fingerprint density at radius 2 is 1.84 bits per heavy atom. The lowest BCUT2D eigenvalue weighted by molar-refractivity contribution is -0.118. The van der Waals surface area contributed by atoms with E-state index in [1.54, 1.807) is 0 Å². The van der Waals surface area contributed by atoms with Crippen LogP contribution in [0.2, 0.25) is 0 Å². The van der Waals surface area contributed by atoms with Crippen LogP contribution in [-0.4, -0.2) is 22.0 Å². The molecular formula is C18H32N4O3. The van der Waals surface area contributed by atoms with Gasteiger partial charge in [-0.05, 0) is 24.7 Å². The van der Waals surface area contributed by atoms with E-state index in [1.807, 2.05) is 34.6 Å². The number of nitrogen functional groups attached to an aromatic ring is 1. The van der Waals surface area contributed by atoms with E-state index in [4.69, 9.17) is 5.73 Å². The molecule has 0 bridgehead atoms. The lowest BCUT2D eigenvalue weighted by atomic mass is 10.1. The molecule has 1 rings (SSSR count). The number of nitrogens with one attached hydrogen (secondary N) is 1. The summed E-state index contributed by atoms with van der Waals surface area (Å²) in [6.07, 6.45) is 2.74. The first kappa shape index (κ1) is 21.0. The molecule has 0 aliphatic carbocycles. The lowest BCUT2D eigenvalue weighted by Crippen LogP contribution is -2.42. The number of aromatic nitrogens is 2. The predicted molar refractivity (Wildman–Crippen MR) is 102 cm³/mol. The molecule has 3 N–H and O–H groups in total. The number of nitrogens with two attached hydrogens (primary N) is 1. The molecule has 0 atom stereocenters. The van der Waals surface area contributed by atoms with E-state index in [0.717, 1.165) is 19.3 Å². The number of carbonyl (C=O) groups is 1. The zero-order valence-electron chi connectivity index (χ0n) is 16.1. The Morgan fingerprint density at radius 3 is 2.36 bits per heavy atom. The lowest BCUT2D eigenvalue weighted by Gasteiger charge is -2.25. The number of rotatable bonds is 9. The third-order valence-electron chi connectivity index (χ3n) is 4.00. The van der Waals surface area contributed by atoms with Crippen LogP contribution >= 0.6 is 0 Å². The zero-order chi connectivity index (χ0) is 19.1. The molecule has 0 aromatic carbocycles. The highest BCUT2D eigenvalue weighted by molar-refractivity contribution is 5.95. The van der Waals surface area contributed by atoms with E-state index in [-0.39, 0.29) is 23.3 Å². The van der Waals surface area contributed by atoms with Gasteiger partial charge in [-0.1, -0.05) is 41.0 Å². The maximum atomic E-state index is 12.7. The van der Waals surface area contributed by atoms with Gasteiger partial charge < -0.3 is 10.6 Å². The number of nitrogens with zero attached hydrogens (tertiary/aromatic N) is 2. The summed E-state index contributed by atoms with van der Waals surface area (Å²) in [5, 5.41) is 0. The topological polar surface area (TPSA) is 101 Å². The molecule has 0 radical (unpaired) electrons. The summed E-state index contributed by atoms with van der Waals surface area (Å²) in [6, 6.07) is 0. The van der Waals surface area contributed by atoms with Gasteiger partial charge in [-0.25, -0.2) is 4.79 Å². The van der Waals surface area contributed by atoms with Crippen LogP contribution in [-0.2, 0) is 11.3 Å². The maximum absolute atomic E-state index is 12.7. The van der Waals surface area contributed by atoms with Crippen LogP contribution in [0.5, 0.6) is 0 Å². The zero-order valence-corrected chi connectivity index (χ0v) is 16.1. The second-order valence-corrected chi connectivity index (χ2v) is 7.33. The first-order valence-electron chi connectivity index (χ1n) is 9.11. The largest absolute Gasteiger partial charge is 0.383 e. The highest BCUT2D eigenvalue weighted by atomic mass is 16.2. The molecule has 7 nitrogen and oxygen atoms in total. The van der Waals surface area contributed by atoms with Crippen LogP contribution < -0.4 is 21.9 Å². The van der Waals surface area contributed by atoms with Crippen molar-refractivity contribution in [1.82, 2.24) is 9.55 Å². The van der Waals surface area contributed by atoms with E-state index >= 15 is 0 Å². The summed E-state index contributed by atoms with van der Waals surface area (Å²) in [5.41, 5.74) is 5.11. The van der Waals surface area contributed by atoms with Gasteiger partial charge in [-0.15, -0.1) is 0 Å². The Hall–Kier alpha value is -2.05. The smallest absolute Gasteiger partial charge is 0.330 e. The third kappa shape index (κ3) is 5.76. The first-order chi connectivity index (χ1) is 11.7. The van der Waals surface area contributed by atoms with Crippen molar-refractivity contribution in [2.24, 2.45) is 11.8 Å². The van der Waals surface area contributed by atoms with E-state index in [1.165, 1.54) is 9.47 Å². The highest BCUT2D eigenvalue weighted by Crippen LogP contribution is 2.20. The second kappa shape index (κ2) is 9.44. The Kier molecular flexibility index (Phi) is 7.93. The molecule has 0 unspecified atom stereocenters. The van der Waals surface area contributed by atoms with Gasteiger partial charge in [0.25, 0.3) is 5.56 Å². The minimum Gasteiger partial charge on any atom is -0.383 e.